The van der Waals surface area contributed by atoms with E-state index >= 15 is 0 Å². The fourth-order valence-electron chi connectivity index (χ4n) is 3.72. The van der Waals surface area contributed by atoms with E-state index < -0.39 is 0 Å². The van der Waals surface area contributed by atoms with Gasteiger partial charge < -0.3 is 9.88 Å². The molecule has 0 radical (unpaired) electrons. The number of hydrogen-bond acceptors (Lipinski definition) is 2. The van der Waals surface area contributed by atoms with Crippen LogP contribution in [0.25, 0.3) is 0 Å². The molecule has 2 rings (SSSR count). The maximum Gasteiger partial charge on any atom is 0.110 e. The van der Waals surface area contributed by atoms with Gasteiger partial charge in [-0.15, -0.1) is 0 Å². The normalized spacial score (nSPS) is 23.7. The molecule has 0 aromatic carbocycles. The van der Waals surface area contributed by atoms with E-state index in [1.165, 1.54) is 31.5 Å². The summed E-state index contributed by atoms with van der Waals surface area (Å²) >= 11 is 0. The van der Waals surface area contributed by atoms with Gasteiger partial charge in [-0.3, -0.25) is 0 Å². The first-order valence-electron chi connectivity index (χ1n) is 7.75. The van der Waals surface area contributed by atoms with Crippen LogP contribution < -0.4 is 5.32 Å². The number of aryl methyl sites for hydroxylation is 1. The van der Waals surface area contributed by atoms with Crippen LogP contribution >= 0.6 is 0 Å². The molecule has 0 aliphatic heterocycles. The number of nitrogens with zero attached hydrogens (tertiary/aromatic N) is 2. The molecule has 3 heteroatoms. The molecule has 1 aromatic rings. The lowest BCUT2D eigenvalue weighted by Gasteiger charge is -2.34. The Bertz CT molecular complexity index is 394. The molecule has 2 unspecified atom stereocenters. The van der Waals surface area contributed by atoms with E-state index in [2.05, 4.69) is 48.9 Å². The van der Waals surface area contributed by atoms with Crippen molar-refractivity contribution >= 4 is 0 Å². The second-order valence-corrected chi connectivity index (χ2v) is 6.62. The first-order chi connectivity index (χ1) is 9.08. The van der Waals surface area contributed by atoms with Crippen LogP contribution in [0.5, 0.6) is 0 Å². The Balaban J connectivity index is 2.08. The van der Waals surface area contributed by atoms with Gasteiger partial charge in [-0.05, 0) is 37.6 Å². The maximum atomic E-state index is 4.56. The quantitative estimate of drug-likeness (QED) is 0.854. The molecule has 0 spiro atoms. The number of likely N-dealkylation sites (N-methyl/N-ethyl adjacent to an activating group) is 1. The molecule has 1 heterocycles. The zero-order chi connectivity index (χ0) is 13.9. The third-order valence-corrected chi connectivity index (χ3v) is 4.87. The first-order valence-corrected chi connectivity index (χ1v) is 7.75. The average molecular weight is 263 g/mol. The number of hydrogen-bond donors (Lipinski definition) is 1. The van der Waals surface area contributed by atoms with Crippen LogP contribution in [0.15, 0.2) is 12.4 Å². The SMILES string of the molecule is CCCn1ccnc1CC(NC)C1CCCC1(C)C. The van der Waals surface area contributed by atoms with Crippen molar-refractivity contribution < 1.29 is 0 Å². The highest BCUT2D eigenvalue weighted by atomic mass is 15.1. The van der Waals surface area contributed by atoms with Crippen molar-refractivity contribution in [3.8, 4) is 0 Å². The predicted molar refractivity (Wildman–Crippen MR) is 80.2 cm³/mol. The molecule has 0 saturated heterocycles. The summed E-state index contributed by atoms with van der Waals surface area (Å²) < 4.78 is 2.31. The Kier molecular flexibility index (Phi) is 4.67. The van der Waals surface area contributed by atoms with Crippen LogP contribution in [0.3, 0.4) is 0 Å². The van der Waals surface area contributed by atoms with E-state index in [0.29, 0.717) is 11.5 Å². The van der Waals surface area contributed by atoms with Gasteiger partial charge in [0.1, 0.15) is 5.82 Å². The van der Waals surface area contributed by atoms with Crippen molar-refractivity contribution in [1.29, 1.82) is 0 Å². The van der Waals surface area contributed by atoms with Gasteiger partial charge in [0, 0.05) is 31.4 Å². The van der Waals surface area contributed by atoms with Crippen molar-refractivity contribution in [3.05, 3.63) is 18.2 Å². The predicted octanol–water partition coefficient (Wildman–Crippen LogP) is 3.25. The van der Waals surface area contributed by atoms with Gasteiger partial charge >= 0.3 is 0 Å². The first kappa shape index (κ1) is 14.6. The van der Waals surface area contributed by atoms with Crippen LogP contribution in [0.1, 0.15) is 52.3 Å². The summed E-state index contributed by atoms with van der Waals surface area (Å²) in [6.45, 7) is 8.15. The molecule has 1 fully saturated rings. The zero-order valence-electron chi connectivity index (χ0n) is 12.9. The molecule has 108 valence electrons. The number of nitrogens with one attached hydrogen (secondary N) is 1. The summed E-state index contributed by atoms with van der Waals surface area (Å²) in [5.74, 6) is 2.01. The van der Waals surface area contributed by atoms with E-state index in [9.17, 15) is 0 Å². The molecule has 1 aliphatic rings. The maximum absolute atomic E-state index is 4.56. The van der Waals surface area contributed by atoms with Crippen molar-refractivity contribution in [1.82, 2.24) is 14.9 Å². The summed E-state index contributed by atoms with van der Waals surface area (Å²) in [4.78, 5) is 4.56. The Labute approximate surface area is 117 Å². The molecule has 1 N–H and O–H groups in total. The van der Waals surface area contributed by atoms with Crippen molar-refractivity contribution in [2.75, 3.05) is 7.05 Å². The summed E-state index contributed by atoms with van der Waals surface area (Å²) in [6, 6.07) is 0.551. The second-order valence-electron chi connectivity index (χ2n) is 6.62. The topological polar surface area (TPSA) is 29.9 Å². The van der Waals surface area contributed by atoms with Gasteiger partial charge in [0.25, 0.3) is 0 Å². The third kappa shape index (κ3) is 3.19. The van der Waals surface area contributed by atoms with Crippen LogP contribution in [0.4, 0.5) is 0 Å². The summed E-state index contributed by atoms with van der Waals surface area (Å²) in [5.41, 5.74) is 0.468. The highest BCUT2D eigenvalue weighted by Gasteiger charge is 2.39. The zero-order valence-corrected chi connectivity index (χ0v) is 12.9. The minimum absolute atomic E-state index is 0.468. The lowest BCUT2D eigenvalue weighted by atomic mass is 9.76. The molecule has 1 aliphatic carbocycles. The minimum atomic E-state index is 0.468. The van der Waals surface area contributed by atoms with E-state index in [1.54, 1.807) is 0 Å². The van der Waals surface area contributed by atoms with E-state index in [-0.39, 0.29) is 0 Å². The van der Waals surface area contributed by atoms with Gasteiger partial charge in [-0.1, -0.05) is 27.2 Å². The minimum Gasteiger partial charge on any atom is -0.335 e. The highest BCUT2D eigenvalue weighted by Crippen LogP contribution is 2.44. The molecule has 19 heavy (non-hydrogen) atoms. The van der Waals surface area contributed by atoms with Gasteiger partial charge in [0.05, 0.1) is 0 Å². The average Bonchev–Trinajstić information content (AvgIpc) is 2.93. The molecule has 0 bridgehead atoms. The van der Waals surface area contributed by atoms with Crippen LogP contribution in [-0.4, -0.2) is 22.6 Å². The number of rotatable bonds is 6. The van der Waals surface area contributed by atoms with Crippen LogP contribution in [-0.2, 0) is 13.0 Å². The van der Waals surface area contributed by atoms with Gasteiger partial charge in [0.15, 0.2) is 0 Å². The molecule has 1 saturated carbocycles. The van der Waals surface area contributed by atoms with Crippen LogP contribution in [0.2, 0.25) is 0 Å². The van der Waals surface area contributed by atoms with Crippen molar-refractivity contribution in [3.63, 3.8) is 0 Å². The molecule has 1 aromatic heterocycles. The van der Waals surface area contributed by atoms with Gasteiger partial charge in [0.2, 0.25) is 0 Å². The Hall–Kier alpha value is -0.830. The Morgan fingerprint density at radius 3 is 2.89 bits per heavy atom. The monoisotopic (exact) mass is 263 g/mol. The molecular weight excluding hydrogens is 234 g/mol. The van der Waals surface area contributed by atoms with Crippen molar-refractivity contribution in [2.45, 2.75) is 65.5 Å². The number of imidazole rings is 1. The lowest BCUT2D eigenvalue weighted by Crippen LogP contribution is -2.41. The third-order valence-electron chi connectivity index (χ3n) is 4.87. The lowest BCUT2D eigenvalue weighted by molar-refractivity contribution is 0.199. The van der Waals surface area contributed by atoms with Crippen LogP contribution in [0, 0.1) is 11.3 Å². The summed E-state index contributed by atoms with van der Waals surface area (Å²) in [7, 11) is 2.10. The Morgan fingerprint density at radius 2 is 2.32 bits per heavy atom. The fourth-order valence-corrected chi connectivity index (χ4v) is 3.72. The van der Waals surface area contributed by atoms with Crippen molar-refractivity contribution in [2.24, 2.45) is 11.3 Å². The fraction of sp³-hybridized carbons (Fsp3) is 0.812. The van der Waals surface area contributed by atoms with E-state index in [0.717, 1.165) is 18.9 Å². The highest BCUT2D eigenvalue weighted by molar-refractivity contribution is 5.00. The standard InChI is InChI=1S/C16H29N3/c1-5-10-19-11-9-18-15(19)12-14(17-4)13-7-6-8-16(13,2)3/h9,11,13-14,17H,5-8,10,12H2,1-4H3. The molecular formula is C16H29N3. The van der Waals surface area contributed by atoms with Gasteiger partial charge in [-0.25, -0.2) is 4.98 Å². The Morgan fingerprint density at radius 1 is 1.53 bits per heavy atom. The van der Waals surface area contributed by atoms with Gasteiger partial charge in [-0.2, -0.15) is 0 Å². The molecule has 2 atom stereocenters. The summed E-state index contributed by atoms with van der Waals surface area (Å²) in [6.07, 6.45) is 10.4. The largest absolute Gasteiger partial charge is 0.335 e. The van der Waals surface area contributed by atoms with E-state index in [4.69, 9.17) is 0 Å². The summed E-state index contributed by atoms with van der Waals surface area (Å²) in [5, 5.41) is 3.55. The molecule has 3 nitrogen and oxygen atoms in total. The number of aromatic nitrogens is 2. The second kappa shape index (κ2) is 6.08. The van der Waals surface area contributed by atoms with E-state index in [1.807, 2.05) is 6.20 Å². The smallest absolute Gasteiger partial charge is 0.110 e. The molecule has 0 amide bonds.